The number of amides is 2. The molecule has 3 unspecified atom stereocenters. The van der Waals surface area contributed by atoms with Crippen LogP contribution in [0, 0.1) is 17.8 Å². The van der Waals surface area contributed by atoms with Crippen molar-refractivity contribution in [3.8, 4) is 0 Å². The summed E-state index contributed by atoms with van der Waals surface area (Å²) in [5, 5.41) is 6.94. The third-order valence-corrected chi connectivity index (χ3v) is 5.80. The van der Waals surface area contributed by atoms with Crippen LogP contribution in [0.5, 0.6) is 0 Å². The molecule has 1 heterocycles. The minimum atomic E-state index is -4.18. The fourth-order valence-corrected chi connectivity index (χ4v) is 4.19. The maximum atomic E-state index is 12.9. The Kier molecular flexibility index (Phi) is 6.59. The van der Waals surface area contributed by atoms with Crippen LogP contribution in [-0.4, -0.2) is 23.7 Å². The molecule has 5 nitrogen and oxygen atoms in total. The molecule has 0 aromatic heterocycles. The van der Waals surface area contributed by atoms with Crippen molar-refractivity contribution in [3.63, 3.8) is 0 Å². The maximum absolute atomic E-state index is 12.9. The number of halogens is 3. The Morgan fingerprint density at radius 1 is 1.24 bits per heavy atom. The number of carbonyl (C=O) groups is 2. The molecule has 8 heteroatoms. The molecular weight excluding hydrogens is 383 g/mol. The van der Waals surface area contributed by atoms with Gasteiger partial charge < -0.3 is 5.32 Å². The number of hydrogen-bond acceptors (Lipinski definition) is 3. The van der Waals surface area contributed by atoms with Crippen LogP contribution in [0.3, 0.4) is 0 Å². The monoisotopic (exact) mass is 409 g/mol. The quantitative estimate of drug-likeness (QED) is 0.744. The molecule has 1 aromatic carbocycles. The van der Waals surface area contributed by atoms with Crippen molar-refractivity contribution in [1.29, 1.82) is 0 Å². The van der Waals surface area contributed by atoms with Gasteiger partial charge in [-0.25, -0.2) is 5.43 Å². The molecule has 0 bridgehead atoms. The number of hydrazone groups is 1. The highest BCUT2D eigenvalue weighted by Gasteiger charge is 2.42. The van der Waals surface area contributed by atoms with E-state index < -0.39 is 12.1 Å². The van der Waals surface area contributed by atoms with Crippen LogP contribution in [0.2, 0.25) is 0 Å². The minimum absolute atomic E-state index is 0.0276. The van der Waals surface area contributed by atoms with E-state index in [1.165, 1.54) is 0 Å². The second-order valence-electron chi connectivity index (χ2n) is 7.94. The Bertz CT molecular complexity index is 774. The van der Waals surface area contributed by atoms with Crippen LogP contribution >= 0.6 is 0 Å². The van der Waals surface area contributed by atoms with E-state index in [0.29, 0.717) is 24.9 Å². The summed E-state index contributed by atoms with van der Waals surface area (Å²) in [6, 6.07) is 7.15. The van der Waals surface area contributed by atoms with E-state index in [1.807, 2.05) is 19.1 Å². The van der Waals surface area contributed by atoms with Crippen LogP contribution in [0.15, 0.2) is 29.4 Å². The molecule has 2 amide bonds. The van der Waals surface area contributed by atoms with Gasteiger partial charge in [0.05, 0.1) is 11.6 Å². The fourth-order valence-electron chi connectivity index (χ4n) is 4.19. The number of nitrogens with zero attached hydrogens (tertiary/aromatic N) is 1. The average molecular weight is 409 g/mol. The predicted molar refractivity (Wildman–Crippen MR) is 104 cm³/mol. The molecule has 2 aliphatic rings. The molecule has 1 fully saturated rings. The number of anilines is 1. The van der Waals surface area contributed by atoms with Gasteiger partial charge >= 0.3 is 6.18 Å². The number of carbonyl (C=O) groups excluding carboxylic acids is 2. The molecule has 0 saturated heterocycles. The third kappa shape index (κ3) is 5.58. The largest absolute Gasteiger partial charge is 0.391 e. The Hall–Kier alpha value is -2.38. The lowest BCUT2D eigenvalue weighted by Crippen LogP contribution is -2.33. The first kappa shape index (κ1) is 21.3. The first-order valence-electron chi connectivity index (χ1n) is 10.1. The Morgan fingerprint density at radius 3 is 2.62 bits per heavy atom. The highest BCUT2D eigenvalue weighted by molar-refractivity contribution is 6.06. The predicted octanol–water partition coefficient (Wildman–Crippen LogP) is 4.63. The lowest BCUT2D eigenvalue weighted by atomic mass is 9.79. The molecule has 1 aliphatic heterocycles. The molecule has 3 atom stereocenters. The van der Waals surface area contributed by atoms with Crippen molar-refractivity contribution < 1.29 is 22.8 Å². The lowest BCUT2D eigenvalue weighted by molar-refractivity contribution is -0.186. The third-order valence-electron chi connectivity index (χ3n) is 5.80. The van der Waals surface area contributed by atoms with Crippen LogP contribution in [0.1, 0.15) is 57.4 Å². The van der Waals surface area contributed by atoms with Gasteiger partial charge in [0.1, 0.15) is 0 Å². The molecule has 1 saturated carbocycles. The molecule has 3 rings (SSSR count). The summed E-state index contributed by atoms with van der Waals surface area (Å²) in [5.74, 6) is -1.84. The van der Waals surface area contributed by atoms with Crippen molar-refractivity contribution in [1.82, 2.24) is 5.43 Å². The summed E-state index contributed by atoms with van der Waals surface area (Å²) in [4.78, 5) is 23.8. The second-order valence-corrected chi connectivity index (χ2v) is 7.94. The van der Waals surface area contributed by atoms with Gasteiger partial charge in [0, 0.05) is 24.4 Å². The Morgan fingerprint density at radius 2 is 1.97 bits per heavy atom. The van der Waals surface area contributed by atoms with Gasteiger partial charge in [0.15, 0.2) is 0 Å². The van der Waals surface area contributed by atoms with E-state index in [9.17, 15) is 22.8 Å². The van der Waals surface area contributed by atoms with Gasteiger partial charge in [-0.1, -0.05) is 25.5 Å². The summed E-state index contributed by atoms with van der Waals surface area (Å²) in [7, 11) is 0. The average Bonchev–Trinajstić information content (AvgIpc) is 2.68. The SMILES string of the molecule is CCC1CC(=O)NN=C1c1ccc(NC(=O)CC2CCCC(C(F)(F)F)C2)cc1. The van der Waals surface area contributed by atoms with Gasteiger partial charge in [0.25, 0.3) is 0 Å². The van der Waals surface area contributed by atoms with E-state index in [4.69, 9.17) is 0 Å². The van der Waals surface area contributed by atoms with E-state index in [0.717, 1.165) is 17.7 Å². The number of rotatable bonds is 5. The Balaban J connectivity index is 1.57. The number of alkyl halides is 3. The summed E-state index contributed by atoms with van der Waals surface area (Å²) >= 11 is 0. The maximum Gasteiger partial charge on any atom is 0.391 e. The van der Waals surface area contributed by atoms with Gasteiger partial charge in [-0.15, -0.1) is 0 Å². The molecule has 29 heavy (non-hydrogen) atoms. The second kappa shape index (κ2) is 8.97. The number of nitrogens with one attached hydrogen (secondary N) is 2. The summed E-state index contributed by atoms with van der Waals surface area (Å²) < 4.78 is 38.8. The van der Waals surface area contributed by atoms with E-state index >= 15 is 0 Å². The van der Waals surface area contributed by atoms with Gasteiger partial charge in [-0.3, -0.25) is 9.59 Å². The zero-order chi connectivity index (χ0) is 21.0. The molecule has 0 spiro atoms. The summed E-state index contributed by atoms with van der Waals surface area (Å²) in [5.41, 5.74) is 4.77. The highest BCUT2D eigenvalue weighted by Crippen LogP contribution is 2.41. The molecular formula is C21H26F3N3O2. The molecule has 1 aromatic rings. The summed E-state index contributed by atoms with van der Waals surface area (Å²) in [6.45, 7) is 2.00. The first-order valence-corrected chi connectivity index (χ1v) is 10.1. The van der Waals surface area contributed by atoms with Crippen molar-refractivity contribution >= 4 is 23.2 Å². The van der Waals surface area contributed by atoms with Crippen LogP contribution in [-0.2, 0) is 9.59 Å². The van der Waals surface area contributed by atoms with E-state index in [1.54, 1.807) is 12.1 Å². The number of benzene rings is 1. The standard InChI is InChI=1S/C21H26F3N3O2/c1-2-14-12-19(29)26-27-20(14)15-6-8-17(9-7-15)25-18(28)11-13-4-3-5-16(10-13)21(22,23)24/h6-9,13-14,16H,2-5,10-12H2,1H3,(H,25,28)(H,26,29). The Labute approximate surface area is 168 Å². The molecule has 2 N–H and O–H groups in total. The first-order chi connectivity index (χ1) is 13.8. The molecule has 0 radical (unpaired) electrons. The zero-order valence-corrected chi connectivity index (χ0v) is 16.4. The van der Waals surface area contributed by atoms with Crippen molar-refractivity contribution in [2.45, 2.75) is 58.0 Å². The lowest BCUT2D eigenvalue weighted by Gasteiger charge is -2.30. The normalized spacial score (nSPS) is 25.2. The van der Waals surface area contributed by atoms with Gasteiger partial charge in [-0.2, -0.15) is 18.3 Å². The van der Waals surface area contributed by atoms with E-state index in [2.05, 4.69) is 15.8 Å². The minimum Gasteiger partial charge on any atom is -0.326 e. The summed E-state index contributed by atoms with van der Waals surface area (Å²) in [6.07, 6.45) is -1.53. The van der Waals surface area contributed by atoms with Crippen molar-refractivity contribution in [2.24, 2.45) is 22.9 Å². The van der Waals surface area contributed by atoms with Gasteiger partial charge in [0.2, 0.25) is 11.8 Å². The molecule has 1 aliphatic carbocycles. The van der Waals surface area contributed by atoms with Crippen LogP contribution in [0.4, 0.5) is 18.9 Å². The molecule has 158 valence electrons. The zero-order valence-electron chi connectivity index (χ0n) is 16.4. The topological polar surface area (TPSA) is 70.6 Å². The fraction of sp³-hybridized carbons (Fsp3) is 0.571. The highest BCUT2D eigenvalue weighted by atomic mass is 19.4. The van der Waals surface area contributed by atoms with Crippen molar-refractivity contribution in [3.05, 3.63) is 29.8 Å². The van der Waals surface area contributed by atoms with Crippen LogP contribution < -0.4 is 10.7 Å². The van der Waals surface area contributed by atoms with Crippen molar-refractivity contribution in [2.75, 3.05) is 5.32 Å². The number of hydrogen-bond donors (Lipinski definition) is 2. The van der Waals surface area contributed by atoms with Crippen LogP contribution in [0.25, 0.3) is 0 Å². The van der Waals surface area contributed by atoms with E-state index in [-0.39, 0.29) is 42.9 Å². The van der Waals surface area contributed by atoms with Gasteiger partial charge in [-0.05, 0) is 49.3 Å². The smallest absolute Gasteiger partial charge is 0.326 e.